The fraction of sp³-hybridized carbons (Fsp3) is 0.125. The Kier molecular flexibility index (Phi) is 4.75. The summed E-state index contributed by atoms with van der Waals surface area (Å²) < 4.78 is 0.851. The molecule has 0 unspecified atom stereocenters. The van der Waals surface area contributed by atoms with Crippen LogP contribution in [-0.2, 0) is 6.54 Å². The number of carboxylic acids is 1. The molecule has 2 aromatic carbocycles. The number of benzene rings is 2. The predicted octanol–water partition coefficient (Wildman–Crippen LogP) is 3.39. The van der Waals surface area contributed by atoms with Gasteiger partial charge in [-0.15, -0.1) is 0 Å². The van der Waals surface area contributed by atoms with Crippen LogP contribution in [0, 0.1) is 6.92 Å². The monoisotopic (exact) mass is 347 g/mol. The van der Waals surface area contributed by atoms with Crippen molar-refractivity contribution in [1.29, 1.82) is 0 Å². The van der Waals surface area contributed by atoms with E-state index >= 15 is 0 Å². The molecule has 0 aliphatic carbocycles. The van der Waals surface area contributed by atoms with Gasteiger partial charge in [-0.3, -0.25) is 4.79 Å². The standard InChI is InChI=1S/C16H14BrNO3/c1-10-2-7-13(17)8-14(10)15(19)18-9-11-3-5-12(6-4-11)16(20)21/h2-8H,9H2,1H3,(H,18,19)(H,20,21). The number of aryl methyl sites for hydroxylation is 1. The number of aromatic carboxylic acids is 1. The first kappa shape index (κ1) is 15.3. The second-order valence-electron chi connectivity index (χ2n) is 4.64. The number of hydrogen-bond acceptors (Lipinski definition) is 2. The summed E-state index contributed by atoms with van der Waals surface area (Å²) in [5.74, 6) is -1.12. The molecular formula is C16H14BrNO3. The van der Waals surface area contributed by atoms with Gasteiger partial charge in [0.05, 0.1) is 5.56 Å². The van der Waals surface area contributed by atoms with E-state index in [1.165, 1.54) is 12.1 Å². The molecule has 2 N–H and O–H groups in total. The molecule has 0 aliphatic rings. The zero-order valence-corrected chi connectivity index (χ0v) is 13.0. The lowest BCUT2D eigenvalue weighted by Gasteiger charge is -2.08. The molecule has 0 spiro atoms. The fourth-order valence-corrected chi connectivity index (χ4v) is 2.24. The van der Waals surface area contributed by atoms with Crippen LogP contribution in [0.1, 0.15) is 31.8 Å². The number of amides is 1. The number of nitrogens with one attached hydrogen (secondary N) is 1. The zero-order valence-electron chi connectivity index (χ0n) is 11.4. The van der Waals surface area contributed by atoms with E-state index < -0.39 is 5.97 Å². The molecule has 0 bridgehead atoms. The minimum absolute atomic E-state index is 0.156. The van der Waals surface area contributed by atoms with Gasteiger partial charge in [0.25, 0.3) is 5.91 Å². The first-order chi connectivity index (χ1) is 9.97. The fourth-order valence-electron chi connectivity index (χ4n) is 1.88. The maximum Gasteiger partial charge on any atom is 0.335 e. The maximum atomic E-state index is 12.1. The van der Waals surface area contributed by atoms with Crippen LogP contribution in [0.25, 0.3) is 0 Å². The highest BCUT2D eigenvalue weighted by Gasteiger charge is 2.09. The van der Waals surface area contributed by atoms with Gasteiger partial charge in [0.15, 0.2) is 0 Å². The van der Waals surface area contributed by atoms with Crippen molar-refractivity contribution in [2.45, 2.75) is 13.5 Å². The van der Waals surface area contributed by atoms with Gasteiger partial charge in [0, 0.05) is 16.6 Å². The van der Waals surface area contributed by atoms with E-state index in [1.807, 2.05) is 19.1 Å². The molecule has 0 saturated heterocycles. The van der Waals surface area contributed by atoms with Crippen molar-refractivity contribution >= 4 is 27.8 Å². The van der Waals surface area contributed by atoms with Crippen molar-refractivity contribution in [2.75, 3.05) is 0 Å². The van der Waals surface area contributed by atoms with E-state index in [2.05, 4.69) is 21.2 Å². The molecular weight excluding hydrogens is 334 g/mol. The molecule has 0 fully saturated rings. The molecule has 108 valence electrons. The van der Waals surface area contributed by atoms with Crippen LogP contribution in [0.3, 0.4) is 0 Å². The van der Waals surface area contributed by atoms with Crippen molar-refractivity contribution < 1.29 is 14.7 Å². The van der Waals surface area contributed by atoms with Crippen molar-refractivity contribution in [2.24, 2.45) is 0 Å². The van der Waals surface area contributed by atoms with Gasteiger partial charge in [-0.05, 0) is 42.3 Å². The Balaban J connectivity index is 2.04. The Hall–Kier alpha value is -2.14. The summed E-state index contributed by atoms with van der Waals surface area (Å²) in [6.07, 6.45) is 0. The highest BCUT2D eigenvalue weighted by molar-refractivity contribution is 9.10. The van der Waals surface area contributed by atoms with Gasteiger partial charge in [-0.1, -0.05) is 34.1 Å². The first-order valence-corrected chi connectivity index (χ1v) is 7.13. The molecule has 4 nitrogen and oxygen atoms in total. The summed E-state index contributed by atoms with van der Waals surface area (Å²) in [6.45, 7) is 2.23. The van der Waals surface area contributed by atoms with Crippen LogP contribution in [0.5, 0.6) is 0 Å². The van der Waals surface area contributed by atoms with E-state index in [0.29, 0.717) is 12.1 Å². The van der Waals surface area contributed by atoms with Crippen molar-refractivity contribution in [3.63, 3.8) is 0 Å². The first-order valence-electron chi connectivity index (χ1n) is 6.34. The number of hydrogen-bond donors (Lipinski definition) is 2. The van der Waals surface area contributed by atoms with E-state index in [0.717, 1.165) is 15.6 Å². The third-order valence-corrected chi connectivity index (χ3v) is 3.59. The Morgan fingerprint density at radius 1 is 1.14 bits per heavy atom. The van der Waals surface area contributed by atoms with E-state index in [-0.39, 0.29) is 11.5 Å². The molecule has 0 atom stereocenters. The summed E-state index contributed by atoms with van der Waals surface area (Å²) >= 11 is 3.35. The van der Waals surface area contributed by atoms with Gasteiger partial charge < -0.3 is 10.4 Å². The predicted molar refractivity (Wildman–Crippen MR) is 83.5 cm³/mol. The Bertz CT molecular complexity index is 680. The van der Waals surface area contributed by atoms with Crippen molar-refractivity contribution in [3.8, 4) is 0 Å². The molecule has 0 saturated carbocycles. The highest BCUT2D eigenvalue weighted by atomic mass is 79.9. The van der Waals surface area contributed by atoms with E-state index in [9.17, 15) is 9.59 Å². The lowest BCUT2D eigenvalue weighted by Crippen LogP contribution is -2.23. The SMILES string of the molecule is Cc1ccc(Br)cc1C(=O)NCc1ccc(C(=O)O)cc1. The minimum Gasteiger partial charge on any atom is -0.478 e. The molecule has 1 amide bonds. The minimum atomic E-state index is -0.963. The van der Waals surface area contributed by atoms with Gasteiger partial charge >= 0.3 is 5.97 Å². The largest absolute Gasteiger partial charge is 0.478 e. The number of rotatable bonds is 4. The number of carboxylic acid groups (broad SMARTS) is 1. The molecule has 0 aliphatic heterocycles. The number of carbonyl (C=O) groups excluding carboxylic acids is 1. The number of carbonyl (C=O) groups is 2. The highest BCUT2D eigenvalue weighted by Crippen LogP contribution is 2.16. The quantitative estimate of drug-likeness (QED) is 0.890. The maximum absolute atomic E-state index is 12.1. The lowest BCUT2D eigenvalue weighted by molar-refractivity contribution is 0.0696. The third kappa shape index (κ3) is 3.92. The van der Waals surface area contributed by atoms with E-state index in [4.69, 9.17) is 5.11 Å². The second kappa shape index (κ2) is 6.54. The summed E-state index contributed by atoms with van der Waals surface area (Å²) in [7, 11) is 0. The molecule has 0 aromatic heterocycles. The van der Waals surface area contributed by atoms with Crippen molar-refractivity contribution in [1.82, 2.24) is 5.32 Å². The van der Waals surface area contributed by atoms with Gasteiger partial charge in [-0.25, -0.2) is 4.79 Å². The molecule has 0 radical (unpaired) electrons. The third-order valence-electron chi connectivity index (χ3n) is 3.10. The van der Waals surface area contributed by atoms with Crippen LogP contribution < -0.4 is 5.32 Å². The smallest absolute Gasteiger partial charge is 0.335 e. The molecule has 21 heavy (non-hydrogen) atoms. The summed E-state index contributed by atoms with van der Waals surface area (Å²) in [6, 6.07) is 12.0. The normalized spacial score (nSPS) is 10.2. The molecule has 0 heterocycles. The Labute approximate surface area is 130 Å². The van der Waals surface area contributed by atoms with Crippen LogP contribution >= 0.6 is 15.9 Å². The average Bonchev–Trinajstić information content (AvgIpc) is 2.47. The lowest BCUT2D eigenvalue weighted by atomic mass is 10.1. The van der Waals surface area contributed by atoms with Crippen LogP contribution in [0.4, 0.5) is 0 Å². The van der Waals surface area contributed by atoms with Gasteiger partial charge in [-0.2, -0.15) is 0 Å². The Morgan fingerprint density at radius 2 is 1.81 bits per heavy atom. The van der Waals surface area contributed by atoms with Gasteiger partial charge in [0.2, 0.25) is 0 Å². The molecule has 5 heteroatoms. The van der Waals surface area contributed by atoms with Gasteiger partial charge in [0.1, 0.15) is 0 Å². The average molecular weight is 348 g/mol. The summed E-state index contributed by atoms with van der Waals surface area (Å²) in [5.41, 5.74) is 2.59. The number of halogens is 1. The van der Waals surface area contributed by atoms with Crippen LogP contribution in [-0.4, -0.2) is 17.0 Å². The molecule has 2 rings (SSSR count). The Morgan fingerprint density at radius 3 is 2.43 bits per heavy atom. The second-order valence-corrected chi connectivity index (χ2v) is 5.56. The molecule has 2 aromatic rings. The van der Waals surface area contributed by atoms with E-state index in [1.54, 1.807) is 18.2 Å². The summed E-state index contributed by atoms with van der Waals surface area (Å²) in [5, 5.41) is 11.6. The van der Waals surface area contributed by atoms with Crippen molar-refractivity contribution in [3.05, 3.63) is 69.2 Å². The van der Waals surface area contributed by atoms with Crippen LogP contribution in [0.15, 0.2) is 46.9 Å². The zero-order chi connectivity index (χ0) is 15.4. The summed E-state index contributed by atoms with van der Waals surface area (Å²) in [4.78, 5) is 22.9. The van der Waals surface area contributed by atoms with Crippen LogP contribution in [0.2, 0.25) is 0 Å². The topological polar surface area (TPSA) is 66.4 Å².